The summed E-state index contributed by atoms with van der Waals surface area (Å²) >= 11 is 0. The quantitative estimate of drug-likeness (QED) is 0.789. The molecule has 0 aromatic heterocycles. The van der Waals surface area contributed by atoms with Crippen molar-refractivity contribution in [2.75, 3.05) is 13.2 Å². The topological polar surface area (TPSA) is 21.3 Å². The molecule has 0 bridgehead atoms. The molecule has 2 heteroatoms. The lowest BCUT2D eigenvalue weighted by molar-refractivity contribution is 0.311. The monoisotopic (exact) mass is 263 g/mol. The molecule has 1 aromatic carbocycles. The Balaban J connectivity index is 2.58. The molecular formula is C17H29NO. The van der Waals surface area contributed by atoms with Gasteiger partial charge in [0, 0.05) is 5.54 Å². The smallest absolute Gasteiger partial charge is 0.122 e. The van der Waals surface area contributed by atoms with Crippen molar-refractivity contribution in [2.24, 2.45) is 0 Å². The van der Waals surface area contributed by atoms with E-state index in [1.165, 1.54) is 5.56 Å². The van der Waals surface area contributed by atoms with Gasteiger partial charge in [0.2, 0.25) is 0 Å². The molecule has 0 aliphatic carbocycles. The summed E-state index contributed by atoms with van der Waals surface area (Å²) in [4.78, 5) is 0. The molecule has 0 aliphatic rings. The summed E-state index contributed by atoms with van der Waals surface area (Å²) in [6, 6.07) is 8.42. The lowest BCUT2D eigenvalue weighted by atomic mass is 9.96. The molecule has 0 radical (unpaired) electrons. The Kier molecular flexibility index (Phi) is 6.36. The van der Waals surface area contributed by atoms with Crippen LogP contribution in [-0.2, 0) is 0 Å². The van der Waals surface area contributed by atoms with Gasteiger partial charge in [0.25, 0.3) is 0 Å². The van der Waals surface area contributed by atoms with Crippen LogP contribution in [0.2, 0.25) is 0 Å². The summed E-state index contributed by atoms with van der Waals surface area (Å²) in [6.07, 6.45) is 2.18. The number of ether oxygens (including phenoxy) is 1. The molecule has 1 rings (SSSR count). The summed E-state index contributed by atoms with van der Waals surface area (Å²) < 4.78 is 5.83. The average molecular weight is 263 g/mol. The molecule has 1 unspecified atom stereocenters. The first-order chi connectivity index (χ1) is 8.94. The van der Waals surface area contributed by atoms with Crippen molar-refractivity contribution in [2.45, 2.75) is 58.9 Å². The summed E-state index contributed by atoms with van der Waals surface area (Å²) in [7, 11) is 0. The molecule has 0 heterocycles. The van der Waals surface area contributed by atoms with Crippen LogP contribution in [0, 0.1) is 0 Å². The van der Waals surface area contributed by atoms with E-state index >= 15 is 0 Å². The molecule has 1 N–H and O–H groups in total. The Bertz CT molecular complexity index is 368. The van der Waals surface area contributed by atoms with Crippen LogP contribution in [0.5, 0.6) is 5.75 Å². The third kappa shape index (κ3) is 6.11. The molecule has 0 amide bonds. The van der Waals surface area contributed by atoms with Gasteiger partial charge >= 0.3 is 0 Å². The van der Waals surface area contributed by atoms with Gasteiger partial charge in [-0.2, -0.15) is 0 Å². The fraction of sp³-hybridized carbons (Fsp3) is 0.647. The number of nitrogens with one attached hydrogen (secondary N) is 1. The Morgan fingerprint density at radius 1 is 1.21 bits per heavy atom. The zero-order valence-corrected chi connectivity index (χ0v) is 13.1. The maximum atomic E-state index is 5.83. The molecule has 0 fully saturated rings. The SMILES string of the molecule is CCCOc1ccccc1C(C)CCNC(C)(C)C. The van der Waals surface area contributed by atoms with Gasteiger partial charge in [-0.05, 0) is 57.7 Å². The van der Waals surface area contributed by atoms with E-state index in [-0.39, 0.29) is 5.54 Å². The Morgan fingerprint density at radius 3 is 2.53 bits per heavy atom. The van der Waals surface area contributed by atoms with Crippen LogP contribution in [0.4, 0.5) is 0 Å². The number of rotatable bonds is 7. The van der Waals surface area contributed by atoms with Crippen LogP contribution in [0.1, 0.15) is 58.9 Å². The predicted octanol–water partition coefficient (Wildman–Crippen LogP) is 4.36. The number of hydrogen-bond acceptors (Lipinski definition) is 2. The third-order valence-electron chi connectivity index (χ3n) is 3.14. The molecule has 0 saturated heterocycles. The lowest BCUT2D eigenvalue weighted by Gasteiger charge is -2.23. The standard InChI is InChI=1S/C17H29NO/c1-6-13-19-16-10-8-7-9-15(16)14(2)11-12-18-17(3,4)5/h7-10,14,18H,6,11-13H2,1-5H3. The minimum Gasteiger partial charge on any atom is -0.493 e. The largest absolute Gasteiger partial charge is 0.493 e. The number of hydrogen-bond donors (Lipinski definition) is 1. The van der Waals surface area contributed by atoms with Crippen LogP contribution in [-0.4, -0.2) is 18.7 Å². The summed E-state index contributed by atoms with van der Waals surface area (Å²) in [6.45, 7) is 12.9. The molecule has 2 nitrogen and oxygen atoms in total. The maximum Gasteiger partial charge on any atom is 0.122 e. The summed E-state index contributed by atoms with van der Waals surface area (Å²) in [5.74, 6) is 1.57. The van der Waals surface area contributed by atoms with E-state index in [1.54, 1.807) is 0 Å². The van der Waals surface area contributed by atoms with E-state index in [0.29, 0.717) is 5.92 Å². The van der Waals surface area contributed by atoms with Gasteiger partial charge in [0.1, 0.15) is 5.75 Å². The average Bonchev–Trinajstić information content (AvgIpc) is 2.35. The number of para-hydroxylation sites is 1. The van der Waals surface area contributed by atoms with E-state index in [2.05, 4.69) is 64.2 Å². The van der Waals surface area contributed by atoms with Gasteiger partial charge in [-0.25, -0.2) is 0 Å². The third-order valence-corrected chi connectivity index (χ3v) is 3.14. The second-order valence-electron chi connectivity index (χ2n) is 6.25. The van der Waals surface area contributed by atoms with Crippen molar-refractivity contribution in [3.63, 3.8) is 0 Å². The van der Waals surface area contributed by atoms with Crippen molar-refractivity contribution >= 4 is 0 Å². The lowest BCUT2D eigenvalue weighted by Crippen LogP contribution is -2.36. The van der Waals surface area contributed by atoms with Crippen molar-refractivity contribution in [3.05, 3.63) is 29.8 Å². The van der Waals surface area contributed by atoms with Crippen molar-refractivity contribution in [1.82, 2.24) is 5.32 Å². The second kappa shape index (κ2) is 7.54. The first-order valence-electron chi connectivity index (χ1n) is 7.41. The van der Waals surface area contributed by atoms with Crippen LogP contribution < -0.4 is 10.1 Å². The van der Waals surface area contributed by atoms with Crippen LogP contribution in [0.15, 0.2) is 24.3 Å². The predicted molar refractivity (Wildman–Crippen MR) is 83.0 cm³/mol. The minimum absolute atomic E-state index is 0.192. The van der Waals surface area contributed by atoms with Gasteiger partial charge in [-0.3, -0.25) is 0 Å². The van der Waals surface area contributed by atoms with E-state index in [1.807, 2.05) is 0 Å². The van der Waals surface area contributed by atoms with Crippen molar-refractivity contribution in [3.8, 4) is 5.75 Å². The highest BCUT2D eigenvalue weighted by Gasteiger charge is 2.13. The highest BCUT2D eigenvalue weighted by atomic mass is 16.5. The molecule has 19 heavy (non-hydrogen) atoms. The molecule has 1 atom stereocenters. The summed E-state index contributed by atoms with van der Waals surface area (Å²) in [5.41, 5.74) is 1.52. The minimum atomic E-state index is 0.192. The van der Waals surface area contributed by atoms with Gasteiger partial charge < -0.3 is 10.1 Å². The maximum absolute atomic E-state index is 5.83. The van der Waals surface area contributed by atoms with Crippen LogP contribution in [0.3, 0.4) is 0 Å². The summed E-state index contributed by atoms with van der Waals surface area (Å²) in [5, 5.41) is 3.54. The highest BCUT2D eigenvalue weighted by molar-refractivity contribution is 5.35. The zero-order valence-electron chi connectivity index (χ0n) is 13.1. The fourth-order valence-corrected chi connectivity index (χ4v) is 2.05. The van der Waals surface area contributed by atoms with E-state index < -0.39 is 0 Å². The Morgan fingerprint density at radius 2 is 1.89 bits per heavy atom. The van der Waals surface area contributed by atoms with Gasteiger partial charge in [0.05, 0.1) is 6.61 Å². The zero-order chi connectivity index (χ0) is 14.3. The highest BCUT2D eigenvalue weighted by Crippen LogP contribution is 2.28. The number of benzene rings is 1. The first kappa shape index (κ1) is 16.0. The first-order valence-corrected chi connectivity index (χ1v) is 7.41. The normalized spacial score (nSPS) is 13.3. The molecule has 0 spiro atoms. The van der Waals surface area contributed by atoms with Gasteiger partial charge in [-0.1, -0.05) is 32.0 Å². The molecule has 0 saturated carbocycles. The van der Waals surface area contributed by atoms with Crippen LogP contribution >= 0.6 is 0 Å². The molecular weight excluding hydrogens is 234 g/mol. The van der Waals surface area contributed by atoms with Gasteiger partial charge in [-0.15, -0.1) is 0 Å². The van der Waals surface area contributed by atoms with E-state index in [9.17, 15) is 0 Å². The van der Waals surface area contributed by atoms with Crippen molar-refractivity contribution < 1.29 is 4.74 Å². The molecule has 1 aromatic rings. The van der Waals surface area contributed by atoms with Crippen molar-refractivity contribution in [1.29, 1.82) is 0 Å². The molecule has 0 aliphatic heterocycles. The fourth-order valence-electron chi connectivity index (χ4n) is 2.05. The Hall–Kier alpha value is -1.02. The van der Waals surface area contributed by atoms with Gasteiger partial charge in [0.15, 0.2) is 0 Å². The Labute approximate surface area is 118 Å². The molecule has 108 valence electrons. The van der Waals surface area contributed by atoms with E-state index in [4.69, 9.17) is 4.74 Å². The van der Waals surface area contributed by atoms with E-state index in [0.717, 1.165) is 31.7 Å². The van der Waals surface area contributed by atoms with Crippen LogP contribution in [0.25, 0.3) is 0 Å². The second-order valence-corrected chi connectivity index (χ2v) is 6.25.